The van der Waals surface area contributed by atoms with Crippen molar-refractivity contribution in [3.8, 4) is 11.5 Å². The molecule has 3 aromatic rings. The fraction of sp³-hybridized carbons (Fsp3) is 0.0833. The van der Waals surface area contributed by atoms with E-state index < -0.39 is 5.97 Å². The number of rotatable bonds is 6. The Morgan fingerprint density at radius 1 is 0.821 bits per heavy atom. The first-order valence-corrected chi connectivity index (χ1v) is 8.80. The lowest BCUT2D eigenvalue weighted by molar-refractivity contribution is 0.0734. The number of ketones is 1. The van der Waals surface area contributed by atoms with Gasteiger partial charge in [0.05, 0.1) is 12.7 Å². The maximum absolute atomic E-state index is 12.3. The molecule has 140 valence electrons. The van der Waals surface area contributed by atoms with Crippen molar-refractivity contribution < 1.29 is 19.1 Å². The second-order valence-electron chi connectivity index (χ2n) is 6.26. The fourth-order valence-corrected chi connectivity index (χ4v) is 2.58. The second-order valence-corrected chi connectivity index (χ2v) is 6.26. The van der Waals surface area contributed by atoms with Gasteiger partial charge in [0.1, 0.15) is 11.5 Å². The molecule has 0 saturated carbocycles. The van der Waals surface area contributed by atoms with E-state index in [9.17, 15) is 9.59 Å². The highest BCUT2D eigenvalue weighted by Gasteiger charge is 2.10. The maximum atomic E-state index is 12.3. The Morgan fingerprint density at radius 2 is 1.54 bits per heavy atom. The fourth-order valence-electron chi connectivity index (χ4n) is 2.58. The molecule has 4 heteroatoms. The van der Waals surface area contributed by atoms with E-state index in [0.717, 1.165) is 11.1 Å². The second kappa shape index (κ2) is 8.82. The quantitative estimate of drug-likeness (QED) is 0.261. The summed E-state index contributed by atoms with van der Waals surface area (Å²) in [5.41, 5.74) is 2.89. The topological polar surface area (TPSA) is 52.6 Å². The summed E-state index contributed by atoms with van der Waals surface area (Å²) in [6, 6.07) is 21.2. The number of carbonyl (C=O) groups excluding carboxylic acids is 2. The molecule has 0 unspecified atom stereocenters. The van der Waals surface area contributed by atoms with E-state index in [-0.39, 0.29) is 5.78 Å². The third kappa shape index (κ3) is 4.95. The Morgan fingerprint density at radius 3 is 2.29 bits per heavy atom. The Bertz CT molecular complexity index is 1020. The maximum Gasteiger partial charge on any atom is 0.343 e. The summed E-state index contributed by atoms with van der Waals surface area (Å²) in [6.07, 6.45) is 3.21. The highest BCUT2D eigenvalue weighted by atomic mass is 16.5. The molecular weight excluding hydrogens is 352 g/mol. The van der Waals surface area contributed by atoms with Crippen molar-refractivity contribution >= 4 is 17.8 Å². The van der Waals surface area contributed by atoms with Gasteiger partial charge in [0.15, 0.2) is 5.78 Å². The normalized spacial score (nSPS) is 10.6. The minimum absolute atomic E-state index is 0.0845. The molecule has 0 fully saturated rings. The van der Waals surface area contributed by atoms with E-state index in [1.54, 1.807) is 60.7 Å². The third-order valence-corrected chi connectivity index (χ3v) is 4.14. The molecule has 0 radical (unpaired) electrons. The van der Waals surface area contributed by atoms with Crippen LogP contribution >= 0.6 is 0 Å². The highest BCUT2D eigenvalue weighted by molar-refractivity contribution is 6.06. The number of benzene rings is 3. The molecule has 28 heavy (non-hydrogen) atoms. The number of hydrogen-bond donors (Lipinski definition) is 0. The molecule has 0 N–H and O–H groups in total. The van der Waals surface area contributed by atoms with Gasteiger partial charge in [-0.25, -0.2) is 4.79 Å². The van der Waals surface area contributed by atoms with E-state index in [2.05, 4.69) is 0 Å². The van der Waals surface area contributed by atoms with E-state index in [0.29, 0.717) is 22.6 Å². The first-order valence-electron chi connectivity index (χ1n) is 8.80. The van der Waals surface area contributed by atoms with E-state index in [4.69, 9.17) is 9.47 Å². The van der Waals surface area contributed by atoms with Crippen LogP contribution in [-0.4, -0.2) is 18.9 Å². The highest BCUT2D eigenvalue weighted by Crippen LogP contribution is 2.19. The van der Waals surface area contributed by atoms with Gasteiger partial charge >= 0.3 is 5.97 Å². The molecule has 3 aromatic carbocycles. The largest absolute Gasteiger partial charge is 0.497 e. The average Bonchev–Trinajstić information content (AvgIpc) is 2.73. The van der Waals surface area contributed by atoms with Crippen LogP contribution in [0.3, 0.4) is 0 Å². The van der Waals surface area contributed by atoms with Crippen LogP contribution in [-0.2, 0) is 0 Å². The monoisotopic (exact) mass is 372 g/mol. The molecule has 0 bridgehead atoms. The lowest BCUT2D eigenvalue weighted by Gasteiger charge is -2.06. The number of methoxy groups -OCH3 is 1. The van der Waals surface area contributed by atoms with Crippen LogP contribution in [0.25, 0.3) is 6.08 Å². The Kier molecular flexibility index (Phi) is 6.02. The van der Waals surface area contributed by atoms with Crippen LogP contribution in [0.2, 0.25) is 0 Å². The zero-order chi connectivity index (χ0) is 19.9. The molecular formula is C24H20O4. The summed E-state index contributed by atoms with van der Waals surface area (Å²) in [4.78, 5) is 24.6. The first kappa shape index (κ1) is 19.1. The van der Waals surface area contributed by atoms with Gasteiger partial charge in [-0.2, -0.15) is 0 Å². The van der Waals surface area contributed by atoms with Gasteiger partial charge < -0.3 is 9.47 Å². The smallest absolute Gasteiger partial charge is 0.343 e. The summed E-state index contributed by atoms with van der Waals surface area (Å²) in [7, 11) is 1.54. The van der Waals surface area contributed by atoms with E-state index in [1.165, 1.54) is 13.2 Å². The molecule has 0 aliphatic carbocycles. The van der Waals surface area contributed by atoms with Crippen molar-refractivity contribution in [3.63, 3.8) is 0 Å². The number of ether oxygens (including phenoxy) is 2. The van der Waals surface area contributed by atoms with Gasteiger partial charge in [-0.05, 0) is 48.9 Å². The number of allylic oxidation sites excluding steroid dienone is 1. The van der Waals surface area contributed by atoms with Crippen LogP contribution in [0.4, 0.5) is 0 Å². The lowest BCUT2D eigenvalue weighted by atomic mass is 10.1. The lowest BCUT2D eigenvalue weighted by Crippen LogP contribution is -2.08. The standard InChI is InChI=1S/C24H20O4/c1-17-9-12-19(13-10-17)23(25)14-11-18-5-3-8-22(15-18)28-24(26)20-6-4-7-21(16-20)27-2/h3-16H,1-2H3/b14-11+. The number of esters is 1. The number of carbonyl (C=O) groups is 2. The predicted molar refractivity (Wildman–Crippen MR) is 109 cm³/mol. The summed E-state index contributed by atoms with van der Waals surface area (Å²) in [5.74, 6) is 0.424. The third-order valence-electron chi connectivity index (χ3n) is 4.14. The van der Waals surface area contributed by atoms with E-state index >= 15 is 0 Å². The summed E-state index contributed by atoms with van der Waals surface area (Å²) in [6.45, 7) is 1.97. The van der Waals surface area contributed by atoms with Gasteiger partial charge in [0.2, 0.25) is 0 Å². The molecule has 0 heterocycles. The molecule has 3 rings (SSSR count). The van der Waals surface area contributed by atoms with Crippen LogP contribution in [0, 0.1) is 6.92 Å². The van der Waals surface area contributed by atoms with Crippen molar-refractivity contribution in [1.29, 1.82) is 0 Å². The Balaban J connectivity index is 1.70. The van der Waals surface area contributed by atoms with Crippen LogP contribution in [0.1, 0.15) is 31.8 Å². The molecule has 0 aliphatic rings. The molecule has 4 nitrogen and oxygen atoms in total. The van der Waals surface area contributed by atoms with Crippen molar-refractivity contribution in [2.45, 2.75) is 6.92 Å². The van der Waals surface area contributed by atoms with Crippen LogP contribution in [0.15, 0.2) is 78.9 Å². The molecule has 0 amide bonds. The number of hydrogen-bond acceptors (Lipinski definition) is 4. The molecule has 0 aromatic heterocycles. The van der Waals surface area contributed by atoms with Crippen molar-refractivity contribution in [2.24, 2.45) is 0 Å². The predicted octanol–water partition coefficient (Wildman–Crippen LogP) is 5.12. The summed E-state index contributed by atoms with van der Waals surface area (Å²) in [5, 5.41) is 0. The minimum Gasteiger partial charge on any atom is -0.497 e. The van der Waals surface area contributed by atoms with E-state index in [1.807, 2.05) is 25.1 Å². The minimum atomic E-state index is -0.476. The van der Waals surface area contributed by atoms with Crippen LogP contribution in [0.5, 0.6) is 11.5 Å². The number of aryl methyl sites for hydroxylation is 1. The van der Waals surface area contributed by atoms with Gasteiger partial charge in [0, 0.05) is 5.56 Å². The molecule has 0 saturated heterocycles. The Hall–Kier alpha value is -3.66. The summed E-state index contributed by atoms with van der Waals surface area (Å²) < 4.78 is 10.6. The molecule has 0 spiro atoms. The zero-order valence-corrected chi connectivity index (χ0v) is 15.7. The zero-order valence-electron chi connectivity index (χ0n) is 15.7. The van der Waals surface area contributed by atoms with Crippen molar-refractivity contribution in [3.05, 3.63) is 101 Å². The Labute approximate surface area is 164 Å². The van der Waals surface area contributed by atoms with Gasteiger partial charge in [0.25, 0.3) is 0 Å². The van der Waals surface area contributed by atoms with Gasteiger partial charge in [-0.15, -0.1) is 0 Å². The van der Waals surface area contributed by atoms with Gasteiger partial charge in [-0.3, -0.25) is 4.79 Å². The SMILES string of the molecule is COc1cccc(C(=O)Oc2cccc(/C=C/C(=O)c3ccc(C)cc3)c2)c1. The van der Waals surface area contributed by atoms with Gasteiger partial charge in [-0.1, -0.05) is 54.1 Å². The van der Waals surface area contributed by atoms with Crippen molar-refractivity contribution in [1.82, 2.24) is 0 Å². The molecule has 0 atom stereocenters. The molecule has 0 aliphatic heterocycles. The summed E-state index contributed by atoms with van der Waals surface area (Å²) >= 11 is 0. The van der Waals surface area contributed by atoms with Crippen molar-refractivity contribution in [2.75, 3.05) is 7.11 Å². The average molecular weight is 372 g/mol. The first-order chi connectivity index (χ1) is 13.5. The van der Waals surface area contributed by atoms with Crippen LogP contribution < -0.4 is 9.47 Å².